The molecule has 246 valence electrons. The molecule has 50 heavy (non-hydrogen) atoms. The molecule has 8 aliphatic carbocycles. The van der Waals surface area contributed by atoms with Crippen LogP contribution in [-0.4, -0.2) is 30.1 Å². The molecule has 4 saturated carbocycles. The van der Waals surface area contributed by atoms with Crippen molar-refractivity contribution in [1.82, 2.24) is 23.1 Å². The average Bonchev–Trinajstić information content (AvgIpc) is 3.82. The maximum atomic E-state index is 15.1. The third-order valence-electron chi connectivity index (χ3n) is 15.3. The van der Waals surface area contributed by atoms with Gasteiger partial charge in [0.25, 0.3) is 11.1 Å². The van der Waals surface area contributed by atoms with Crippen molar-refractivity contribution in [2.75, 3.05) is 0 Å². The molecule has 16 rings (SSSR count). The number of nitrogens with zero attached hydrogens (tertiary/aromatic N) is 5. The number of rotatable bonds is 1. The van der Waals surface area contributed by atoms with Gasteiger partial charge in [-0.2, -0.15) is 0 Å². The zero-order chi connectivity index (χ0) is 32.3. The van der Waals surface area contributed by atoms with Crippen molar-refractivity contribution in [1.29, 1.82) is 0 Å². The van der Waals surface area contributed by atoms with Crippen molar-refractivity contribution < 1.29 is 0 Å². The molecule has 3 aromatic carbocycles. The first-order valence-corrected chi connectivity index (χ1v) is 19.5. The summed E-state index contributed by atoms with van der Waals surface area (Å²) in [6.07, 6.45) is 12.1. The van der Waals surface area contributed by atoms with Gasteiger partial charge in [-0.1, -0.05) is 36.4 Å². The minimum absolute atomic E-state index is 0.168. The standard InChI is InChI=1S/C42H38BN5O2/c49-41-36-25-11-21-9-22(12-25)16-27(15-21)39(36)45-34-19-29(44-32-7-3-1-5-30(32)31-6-2-4-8-33(31)44)20-35-38(34)43(47(41)45)48-42(50)37-26-13-23-10-24(14-26)18-28(17-23)40(37)46(35)48/h1-8,19-28H,9-18H2. The third kappa shape index (κ3) is 2.88. The molecule has 5 heterocycles. The second kappa shape index (κ2) is 8.52. The maximum absolute atomic E-state index is 15.1. The second-order valence-corrected chi connectivity index (χ2v) is 17.8. The number of benzene rings is 3. The summed E-state index contributed by atoms with van der Waals surface area (Å²) in [5, 5.41) is 2.50. The quantitative estimate of drug-likeness (QED) is 0.181. The highest BCUT2D eigenvalue weighted by Gasteiger charge is 2.55. The fourth-order valence-corrected chi connectivity index (χ4v) is 14.1. The Morgan fingerprint density at radius 2 is 0.940 bits per heavy atom. The molecule has 4 fully saturated rings. The number of hydrogen-bond donors (Lipinski definition) is 0. The summed E-state index contributed by atoms with van der Waals surface area (Å²) in [6.45, 7) is -0.420. The van der Waals surface area contributed by atoms with Gasteiger partial charge in [0.05, 0.1) is 39.5 Å². The average molecular weight is 656 g/mol. The number of aromatic nitrogens is 5. The molecule has 2 aliphatic heterocycles. The van der Waals surface area contributed by atoms with E-state index in [1.165, 1.54) is 71.7 Å². The predicted octanol–water partition coefficient (Wildman–Crippen LogP) is 6.89. The van der Waals surface area contributed by atoms with Crippen molar-refractivity contribution in [3.05, 3.63) is 104 Å². The van der Waals surface area contributed by atoms with Crippen LogP contribution in [0.3, 0.4) is 0 Å². The van der Waals surface area contributed by atoms with Gasteiger partial charge < -0.3 is 4.57 Å². The lowest BCUT2D eigenvalue weighted by Crippen LogP contribution is -2.49. The Kier molecular flexibility index (Phi) is 4.49. The lowest BCUT2D eigenvalue weighted by Gasteiger charge is -2.39. The number of para-hydroxylation sites is 2. The van der Waals surface area contributed by atoms with Crippen LogP contribution in [0.1, 0.15) is 110 Å². The molecular weight excluding hydrogens is 617 g/mol. The molecule has 0 spiro atoms. The summed E-state index contributed by atoms with van der Waals surface area (Å²) in [5.74, 6) is 4.43. The Morgan fingerprint density at radius 3 is 1.40 bits per heavy atom. The topological polar surface area (TPSA) is 58.8 Å². The smallest absolute Gasteiger partial charge is 0.309 e. The minimum atomic E-state index is -0.420. The Balaban J connectivity index is 1.12. The molecule has 4 unspecified atom stereocenters. The first kappa shape index (κ1) is 26.4. The van der Waals surface area contributed by atoms with E-state index in [-0.39, 0.29) is 11.1 Å². The van der Waals surface area contributed by atoms with Gasteiger partial charge >= 0.3 is 6.98 Å². The second-order valence-electron chi connectivity index (χ2n) is 17.8. The van der Waals surface area contributed by atoms with Crippen molar-refractivity contribution in [3.63, 3.8) is 0 Å². The molecule has 8 heteroatoms. The number of hydrogen-bond acceptors (Lipinski definition) is 2. The first-order valence-electron chi connectivity index (χ1n) is 19.5. The summed E-state index contributed by atoms with van der Waals surface area (Å²) in [5.41, 5.74) is 12.0. The molecule has 0 N–H and O–H groups in total. The van der Waals surface area contributed by atoms with Crippen LogP contribution >= 0.6 is 0 Å². The van der Waals surface area contributed by atoms with Crippen molar-refractivity contribution >= 4 is 34.3 Å². The molecule has 8 bridgehead atoms. The SMILES string of the molecule is O=c1c2c(n3n1B1c4c-3cc(-n3c5ccccc5c5ccccc53)cc4-n3c4c(c(=O)n31)C1CC3CC(C1)CC4C3)C1CC3CC(CC2C3)C1. The van der Waals surface area contributed by atoms with E-state index >= 15 is 9.59 Å². The van der Waals surface area contributed by atoms with Gasteiger partial charge in [-0.05, 0) is 124 Å². The summed E-state index contributed by atoms with van der Waals surface area (Å²) in [7, 11) is 0. The molecule has 6 aromatic rings. The highest BCUT2D eigenvalue weighted by atomic mass is 16.1. The maximum Gasteiger partial charge on any atom is 0.462 e. The van der Waals surface area contributed by atoms with Gasteiger partial charge in [-0.15, -0.1) is 0 Å². The summed E-state index contributed by atoms with van der Waals surface area (Å²) in [4.78, 5) is 30.2. The van der Waals surface area contributed by atoms with Crippen molar-refractivity contribution in [2.45, 2.75) is 87.9 Å². The van der Waals surface area contributed by atoms with Crippen LogP contribution in [0, 0.1) is 23.7 Å². The third-order valence-corrected chi connectivity index (χ3v) is 15.3. The molecule has 0 amide bonds. The molecular formula is C42H38BN5O2. The fraction of sp³-hybridized carbons (Fsp3) is 0.429. The van der Waals surface area contributed by atoms with Crippen molar-refractivity contribution in [3.8, 4) is 17.1 Å². The summed E-state index contributed by atoms with van der Waals surface area (Å²) in [6, 6.07) is 22.3. The molecule has 4 atom stereocenters. The van der Waals surface area contributed by atoms with Gasteiger partial charge in [0, 0.05) is 39.2 Å². The highest BCUT2D eigenvalue weighted by Crippen LogP contribution is 2.58. The van der Waals surface area contributed by atoms with Gasteiger partial charge in [-0.3, -0.25) is 28.1 Å². The van der Waals surface area contributed by atoms with Crippen molar-refractivity contribution in [2.24, 2.45) is 23.7 Å². The van der Waals surface area contributed by atoms with Crippen LogP contribution in [0.5, 0.6) is 0 Å². The summed E-state index contributed by atoms with van der Waals surface area (Å²) < 4.78 is 11.3. The zero-order valence-electron chi connectivity index (χ0n) is 28.1. The van der Waals surface area contributed by atoms with E-state index in [0.717, 1.165) is 83.0 Å². The fourth-order valence-electron chi connectivity index (χ4n) is 14.1. The normalized spacial score (nSPS) is 31.3. The van der Waals surface area contributed by atoms with E-state index in [4.69, 9.17) is 0 Å². The van der Waals surface area contributed by atoms with E-state index in [1.807, 2.05) is 0 Å². The van der Waals surface area contributed by atoms with Crippen LogP contribution in [0.2, 0.25) is 0 Å². The van der Waals surface area contributed by atoms with Crippen LogP contribution in [0.25, 0.3) is 38.9 Å². The van der Waals surface area contributed by atoms with Crippen LogP contribution in [0.15, 0.2) is 70.3 Å². The van der Waals surface area contributed by atoms with E-state index in [9.17, 15) is 0 Å². The monoisotopic (exact) mass is 655 g/mol. The largest absolute Gasteiger partial charge is 0.462 e. The van der Waals surface area contributed by atoms with E-state index in [2.05, 4.69) is 83.8 Å². The molecule has 0 radical (unpaired) electrons. The lowest BCUT2D eigenvalue weighted by molar-refractivity contribution is 0.163. The first-order chi connectivity index (χ1) is 24.6. The minimum Gasteiger partial charge on any atom is -0.309 e. The Bertz CT molecular complexity index is 2500. The Labute approximate surface area is 289 Å². The predicted molar refractivity (Wildman–Crippen MR) is 195 cm³/mol. The van der Waals surface area contributed by atoms with Crippen LogP contribution in [0.4, 0.5) is 0 Å². The number of fused-ring (bicyclic) bond motifs is 9. The van der Waals surface area contributed by atoms with Gasteiger partial charge in [0.1, 0.15) is 0 Å². The Morgan fingerprint density at radius 1 is 0.520 bits per heavy atom. The van der Waals surface area contributed by atoms with E-state index in [0.29, 0.717) is 23.7 Å². The molecule has 10 aliphatic rings. The molecule has 0 saturated heterocycles. The van der Waals surface area contributed by atoms with Crippen LogP contribution in [-0.2, 0) is 0 Å². The Hall–Kier alpha value is -4.46. The molecule has 3 aromatic heterocycles. The molecule has 7 nitrogen and oxygen atoms in total. The van der Waals surface area contributed by atoms with Crippen LogP contribution < -0.4 is 16.6 Å². The van der Waals surface area contributed by atoms with E-state index in [1.54, 1.807) is 0 Å². The summed E-state index contributed by atoms with van der Waals surface area (Å²) >= 11 is 0. The highest BCUT2D eigenvalue weighted by molar-refractivity contribution is 6.74. The van der Waals surface area contributed by atoms with Gasteiger partial charge in [-0.25, -0.2) is 0 Å². The van der Waals surface area contributed by atoms with E-state index < -0.39 is 6.98 Å². The van der Waals surface area contributed by atoms with Gasteiger partial charge in [0.2, 0.25) is 0 Å². The van der Waals surface area contributed by atoms with Gasteiger partial charge in [0.15, 0.2) is 0 Å². The zero-order valence-corrected chi connectivity index (χ0v) is 28.1. The lowest BCUT2D eigenvalue weighted by atomic mass is 9.67.